The zero-order valence-corrected chi connectivity index (χ0v) is 15.1. The van der Waals surface area contributed by atoms with Crippen molar-refractivity contribution >= 4 is 29.2 Å². The summed E-state index contributed by atoms with van der Waals surface area (Å²) in [4.78, 5) is 23.2. The third kappa shape index (κ3) is 3.21. The van der Waals surface area contributed by atoms with E-state index in [-0.39, 0.29) is 17.5 Å². The standard InChI is InChI=1S/C18H20N4O3S/c23-18(12-4-2-1-3-5-12)19-17-15-10-26-11-16(15)20-21(17)13-6-8-14(9-7-13)22(24)25/h6-9,12H,1-5,10-11H2,(H,19,23). The van der Waals surface area contributed by atoms with Gasteiger partial charge in [-0.1, -0.05) is 19.3 Å². The molecule has 1 N–H and O–H groups in total. The number of hydrogen-bond acceptors (Lipinski definition) is 5. The molecule has 1 saturated carbocycles. The number of anilines is 1. The van der Waals surface area contributed by atoms with E-state index in [4.69, 9.17) is 0 Å². The first-order valence-electron chi connectivity index (χ1n) is 8.87. The Labute approximate surface area is 155 Å². The fourth-order valence-electron chi connectivity index (χ4n) is 3.63. The van der Waals surface area contributed by atoms with Gasteiger partial charge in [-0.05, 0) is 25.0 Å². The van der Waals surface area contributed by atoms with Crippen molar-refractivity contribution in [2.45, 2.75) is 43.6 Å². The molecule has 136 valence electrons. The van der Waals surface area contributed by atoms with Crippen LogP contribution in [0.1, 0.15) is 43.4 Å². The molecule has 2 heterocycles. The van der Waals surface area contributed by atoms with E-state index in [1.54, 1.807) is 28.6 Å². The zero-order chi connectivity index (χ0) is 18.1. The average Bonchev–Trinajstić information content (AvgIpc) is 3.25. The molecule has 0 spiro atoms. The molecule has 2 aliphatic rings. The lowest BCUT2D eigenvalue weighted by Gasteiger charge is -2.21. The van der Waals surface area contributed by atoms with Crippen molar-refractivity contribution in [2.75, 3.05) is 5.32 Å². The highest BCUT2D eigenvalue weighted by Crippen LogP contribution is 2.37. The zero-order valence-electron chi connectivity index (χ0n) is 14.3. The number of rotatable bonds is 4. The quantitative estimate of drug-likeness (QED) is 0.646. The Bertz CT molecular complexity index is 841. The topological polar surface area (TPSA) is 90.1 Å². The van der Waals surface area contributed by atoms with Crippen molar-refractivity contribution in [3.8, 4) is 5.69 Å². The Hall–Kier alpha value is -2.35. The first-order valence-corrected chi connectivity index (χ1v) is 10.0. The number of non-ortho nitro benzene ring substituents is 1. The second-order valence-electron chi connectivity index (χ2n) is 6.78. The number of aromatic nitrogens is 2. The minimum atomic E-state index is -0.421. The third-order valence-electron chi connectivity index (χ3n) is 5.07. The van der Waals surface area contributed by atoms with Crippen LogP contribution in [0.4, 0.5) is 11.5 Å². The SMILES string of the molecule is O=C(Nc1c2c(nn1-c1ccc([N+](=O)[O-])cc1)CSC2)C1CCCCC1. The molecule has 4 rings (SSSR count). The summed E-state index contributed by atoms with van der Waals surface area (Å²) in [7, 11) is 0. The molecule has 1 aliphatic carbocycles. The van der Waals surface area contributed by atoms with Crippen LogP contribution in [0.15, 0.2) is 24.3 Å². The maximum Gasteiger partial charge on any atom is 0.269 e. The number of hydrogen-bond donors (Lipinski definition) is 1. The lowest BCUT2D eigenvalue weighted by molar-refractivity contribution is -0.384. The van der Waals surface area contributed by atoms with Gasteiger partial charge < -0.3 is 5.32 Å². The Morgan fingerprint density at radius 1 is 1.19 bits per heavy atom. The number of benzene rings is 1. The van der Waals surface area contributed by atoms with Gasteiger partial charge in [0.25, 0.3) is 5.69 Å². The Balaban J connectivity index is 1.65. The highest BCUT2D eigenvalue weighted by molar-refractivity contribution is 7.98. The number of thioether (sulfide) groups is 1. The van der Waals surface area contributed by atoms with Crippen LogP contribution in [-0.2, 0) is 16.3 Å². The molecular weight excluding hydrogens is 352 g/mol. The second-order valence-corrected chi connectivity index (χ2v) is 7.76. The van der Waals surface area contributed by atoms with Crippen molar-refractivity contribution in [3.05, 3.63) is 45.6 Å². The molecular formula is C18H20N4O3S. The van der Waals surface area contributed by atoms with Crippen LogP contribution >= 0.6 is 11.8 Å². The van der Waals surface area contributed by atoms with Crippen molar-refractivity contribution in [2.24, 2.45) is 5.92 Å². The number of nitrogens with one attached hydrogen (secondary N) is 1. The van der Waals surface area contributed by atoms with E-state index >= 15 is 0 Å². The second kappa shape index (κ2) is 7.11. The smallest absolute Gasteiger partial charge is 0.269 e. The number of amides is 1. The van der Waals surface area contributed by atoms with Crippen LogP contribution < -0.4 is 5.32 Å². The molecule has 0 atom stereocenters. The van der Waals surface area contributed by atoms with Gasteiger partial charge in [0.1, 0.15) is 5.82 Å². The van der Waals surface area contributed by atoms with Gasteiger partial charge in [-0.15, -0.1) is 0 Å². The minimum Gasteiger partial charge on any atom is -0.310 e. The molecule has 1 aromatic carbocycles. The molecule has 0 unspecified atom stereocenters. The van der Waals surface area contributed by atoms with E-state index in [1.807, 2.05) is 0 Å². The number of nitrogens with zero attached hydrogens (tertiary/aromatic N) is 3. The fraction of sp³-hybridized carbons (Fsp3) is 0.444. The molecule has 0 radical (unpaired) electrons. The maximum atomic E-state index is 12.7. The number of carbonyl (C=O) groups excluding carboxylic acids is 1. The molecule has 7 nitrogen and oxygen atoms in total. The fourth-order valence-corrected chi connectivity index (χ4v) is 4.66. The number of carbonyl (C=O) groups is 1. The van der Waals surface area contributed by atoms with E-state index in [9.17, 15) is 14.9 Å². The Morgan fingerprint density at radius 2 is 1.92 bits per heavy atom. The highest BCUT2D eigenvalue weighted by atomic mass is 32.2. The number of nitro benzene ring substituents is 1. The van der Waals surface area contributed by atoms with Crippen molar-refractivity contribution in [1.29, 1.82) is 0 Å². The maximum absolute atomic E-state index is 12.7. The van der Waals surface area contributed by atoms with Crippen LogP contribution in [0.3, 0.4) is 0 Å². The Morgan fingerprint density at radius 3 is 2.62 bits per heavy atom. The molecule has 2 aromatic rings. The molecule has 0 bridgehead atoms. The summed E-state index contributed by atoms with van der Waals surface area (Å²) in [6, 6.07) is 6.26. The summed E-state index contributed by atoms with van der Waals surface area (Å²) in [6.45, 7) is 0. The van der Waals surface area contributed by atoms with E-state index in [0.29, 0.717) is 5.69 Å². The van der Waals surface area contributed by atoms with Crippen molar-refractivity contribution in [3.63, 3.8) is 0 Å². The summed E-state index contributed by atoms with van der Waals surface area (Å²) < 4.78 is 1.72. The van der Waals surface area contributed by atoms with E-state index in [0.717, 1.165) is 54.3 Å². The molecule has 1 amide bonds. The Kier molecular flexibility index (Phi) is 4.67. The number of fused-ring (bicyclic) bond motifs is 1. The van der Waals surface area contributed by atoms with Crippen molar-refractivity contribution < 1.29 is 9.72 Å². The summed E-state index contributed by atoms with van der Waals surface area (Å²) in [5.41, 5.74) is 2.80. The molecule has 1 aliphatic heterocycles. The van der Waals surface area contributed by atoms with Crippen LogP contribution in [0.25, 0.3) is 5.69 Å². The molecule has 8 heteroatoms. The summed E-state index contributed by atoms with van der Waals surface area (Å²) in [6.07, 6.45) is 5.29. The summed E-state index contributed by atoms with van der Waals surface area (Å²) in [5, 5.41) is 18.6. The summed E-state index contributed by atoms with van der Waals surface area (Å²) in [5.74, 6) is 2.49. The van der Waals surface area contributed by atoms with Crippen molar-refractivity contribution in [1.82, 2.24) is 9.78 Å². The van der Waals surface area contributed by atoms with E-state index in [2.05, 4.69) is 10.4 Å². The molecule has 0 saturated heterocycles. The van der Waals surface area contributed by atoms with E-state index < -0.39 is 4.92 Å². The monoisotopic (exact) mass is 372 g/mol. The average molecular weight is 372 g/mol. The first kappa shape index (κ1) is 17.1. The third-order valence-corrected chi connectivity index (χ3v) is 6.04. The van der Waals surface area contributed by atoms with Crippen LogP contribution in [-0.4, -0.2) is 20.6 Å². The van der Waals surface area contributed by atoms with Gasteiger partial charge in [-0.3, -0.25) is 14.9 Å². The number of nitro groups is 1. The predicted octanol–water partition coefficient (Wildman–Crippen LogP) is 4.05. The normalized spacial score (nSPS) is 17.1. The molecule has 1 aromatic heterocycles. The predicted molar refractivity (Wildman–Crippen MR) is 100 cm³/mol. The molecule has 1 fully saturated rings. The van der Waals surface area contributed by atoms with Crippen LogP contribution in [0.2, 0.25) is 0 Å². The lowest BCUT2D eigenvalue weighted by Crippen LogP contribution is -2.26. The van der Waals surface area contributed by atoms with Gasteiger partial charge in [-0.25, -0.2) is 4.68 Å². The van der Waals surface area contributed by atoms with Gasteiger partial charge in [-0.2, -0.15) is 16.9 Å². The highest BCUT2D eigenvalue weighted by Gasteiger charge is 2.28. The van der Waals surface area contributed by atoms with Gasteiger partial charge in [0.2, 0.25) is 5.91 Å². The van der Waals surface area contributed by atoms with Gasteiger partial charge in [0.15, 0.2) is 0 Å². The van der Waals surface area contributed by atoms with Crippen LogP contribution in [0, 0.1) is 16.0 Å². The van der Waals surface area contributed by atoms with Gasteiger partial charge >= 0.3 is 0 Å². The largest absolute Gasteiger partial charge is 0.310 e. The first-order chi connectivity index (χ1) is 12.6. The van der Waals surface area contributed by atoms with Crippen LogP contribution in [0.5, 0.6) is 0 Å². The van der Waals surface area contributed by atoms with Gasteiger partial charge in [0, 0.05) is 35.1 Å². The molecule has 26 heavy (non-hydrogen) atoms. The lowest BCUT2D eigenvalue weighted by atomic mass is 9.88. The van der Waals surface area contributed by atoms with E-state index in [1.165, 1.54) is 18.6 Å². The minimum absolute atomic E-state index is 0.0387. The summed E-state index contributed by atoms with van der Waals surface area (Å²) >= 11 is 1.78. The van der Waals surface area contributed by atoms with Gasteiger partial charge in [0.05, 0.1) is 16.3 Å².